The molecule has 0 bridgehead atoms. The first-order chi connectivity index (χ1) is 15.6. The van der Waals surface area contributed by atoms with Crippen LogP contribution in [-0.2, 0) is 19.6 Å². The molecule has 0 radical (unpaired) electrons. The molecule has 0 spiro atoms. The van der Waals surface area contributed by atoms with E-state index in [1.165, 1.54) is 7.11 Å². The van der Waals surface area contributed by atoms with Crippen molar-refractivity contribution in [2.24, 2.45) is 5.92 Å². The van der Waals surface area contributed by atoms with E-state index in [0.717, 1.165) is 22.0 Å². The lowest BCUT2D eigenvalue weighted by atomic mass is 9.97. The van der Waals surface area contributed by atoms with Gasteiger partial charge in [0.15, 0.2) is 0 Å². The number of rotatable bonds is 7. The maximum absolute atomic E-state index is 13.9. The number of benzene rings is 2. The molecule has 1 saturated heterocycles. The maximum atomic E-state index is 13.9. The van der Waals surface area contributed by atoms with Gasteiger partial charge in [-0.25, -0.2) is 17.2 Å². The normalized spacial score (nSPS) is 15.2. The van der Waals surface area contributed by atoms with Crippen LogP contribution in [0, 0.1) is 24.5 Å². The third-order valence-corrected chi connectivity index (χ3v) is 7.30. The summed E-state index contributed by atoms with van der Waals surface area (Å²) >= 11 is 0. The van der Waals surface area contributed by atoms with Crippen molar-refractivity contribution in [3.05, 3.63) is 53.6 Å². The number of nitrogens with one attached hydrogen (secondary N) is 2. The molecular weight excluding hydrogens is 456 g/mol. The Kier molecular flexibility index (Phi) is 7.65. The largest absolute Gasteiger partial charge is 0.495 e. The monoisotopic (exact) mass is 481 g/mol. The molecule has 2 aromatic rings. The van der Waals surface area contributed by atoms with Gasteiger partial charge in [-0.3, -0.25) is 9.59 Å². The summed E-state index contributed by atoms with van der Waals surface area (Å²) in [5, 5.41) is 5.24. The summed E-state index contributed by atoms with van der Waals surface area (Å²) in [7, 11) is -2.74. The number of piperidine rings is 1. The summed E-state index contributed by atoms with van der Waals surface area (Å²) in [6, 6.07) is 7.56. The second-order valence-electron chi connectivity index (χ2n) is 7.72. The zero-order valence-electron chi connectivity index (χ0n) is 18.2. The molecule has 0 unspecified atom stereocenters. The van der Waals surface area contributed by atoms with Crippen molar-refractivity contribution in [2.75, 3.05) is 32.1 Å². The Labute approximate surface area is 191 Å². The average Bonchev–Trinajstić information content (AvgIpc) is 2.79. The molecule has 1 heterocycles. The van der Waals surface area contributed by atoms with E-state index in [-0.39, 0.29) is 38.4 Å². The van der Waals surface area contributed by atoms with E-state index in [2.05, 4.69) is 10.6 Å². The van der Waals surface area contributed by atoms with Crippen molar-refractivity contribution in [3.63, 3.8) is 0 Å². The molecular formula is C22H25F2N3O5S. The van der Waals surface area contributed by atoms with Crippen molar-refractivity contribution in [1.29, 1.82) is 0 Å². The quantitative estimate of drug-likeness (QED) is 0.632. The number of methoxy groups -OCH3 is 1. The Bertz CT molecular complexity index is 1150. The van der Waals surface area contributed by atoms with Gasteiger partial charge in [-0.15, -0.1) is 0 Å². The van der Waals surface area contributed by atoms with Crippen LogP contribution in [0.25, 0.3) is 0 Å². The Morgan fingerprint density at radius 1 is 1.12 bits per heavy atom. The van der Waals surface area contributed by atoms with Crippen LogP contribution in [0.5, 0.6) is 5.75 Å². The Hall–Kier alpha value is -3.05. The molecule has 2 N–H and O–H groups in total. The predicted molar refractivity (Wildman–Crippen MR) is 117 cm³/mol. The molecule has 1 aliphatic rings. The second-order valence-corrected chi connectivity index (χ2v) is 9.63. The van der Waals surface area contributed by atoms with E-state index < -0.39 is 38.4 Å². The van der Waals surface area contributed by atoms with Crippen molar-refractivity contribution in [2.45, 2.75) is 24.7 Å². The van der Waals surface area contributed by atoms with Crippen LogP contribution < -0.4 is 15.4 Å². The Morgan fingerprint density at radius 2 is 1.82 bits per heavy atom. The molecule has 33 heavy (non-hydrogen) atoms. The van der Waals surface area contributed by atoms with E-state index in [9.17, 15) is 26.8 Å². The minimum Gasteiger partial charge on any atom is -0.495 e. The fraction of sp³-hybridized carbons (Fsp3) is 0.364. The molecule has 0 saturated carbocycles. The maximum Gasteiger partial charge on any atom is 0.246 e. The number of ether oxygens (including phenoxy) is 1. The fourth-order valence-corrected chi connectivity index (χ4v) is 5.14. The third-order valence-electron chi connectivity index (χ3n) is 5.39. The smallest absolute Gasteiger partial charge is 0.246 e. The zero-order chi connectivity index (χ0) is 24.2. The van der Waals surface area contributed by atoms with Crippen molar-refractivity contribution < 1.29 is 31.5 Å². The van der Waals surface area contributed by atoms with Gasteiger partial charge in [0.05, 0.1) is 19.3 Å². The summed E-state index contributed by atoms with van der Waals surface area (Å²) < 4.78 is 58.9. The van der Waals surface area contributed by atoms with Crippen LogP contribution >= 0.6 is 0 Å². The highest BCUT2D eigenvalue weighted by molar-refractivity contribution is 7.89. The van der Waals surface area contributed by atoms with Gasteiger partial charge in [0.25, 0.3) is 0 Å². The highest BCUT2D eigenvalue weighted by Gasteiger charge is 2.33. The predicted octanol–water partition coefficient (Wildman–Crippen LogP) is 2.44. The van der Waals surface area contributed by atoms with E-state index in [1.807, 2.05) is 13.0 Å². The number of sulfonamides is 1. The van der Waals surface area contributed by atoms with Gasteiger partial charge in [0.2, 0.25) is 21.8 Å². The number of aryl methyl sites for hydroxylation is 1. The molecule has 1 aliphatic heterocycles. The molecule has 8 nitrogen and oxygen atoms in total. The SMILES string of the molecule is COc1ccc(C)cc1NC(=O)CNC(=O)C1CCN(S(=O)(=O)c2cc(F)ccc2F)CC1. The summed E-state index contributed by atoms with van der Waals surface area (Å²) in [6.45, 7) is 1.56. The molecule has 2 amide bonds. The van der Waals surface area contributed by atoms with Crippen molar-refractivity contribution in [3.8, 4) is 5.75 Å². The summed E-state index contributed by atoms with van der Waals surface area (Å²) in [5.41, 5.74) is 1.41. The van der Waals surface area contributed by atoms with Gasteiger partial charge in [-0.2, -0.15) is 4.31 Å². The highest BCUT2D eigenvalue weighted by atomic mass is 32.2. The number of hydrogen-bond acceptors (Lipinski definition) is 5. The van der Waals surface area contributed by atoms with Gasteiger partial charge >= 0.3 is 0 Å². The first-order valence-corrected chi connectivity index (χ1v) is 11.7. The number of carbonyl (C=O) groups excluding carboxylic acids is 2. The average molecular weight is 482 g/mol. The third kappa shape index (κ3) is 5.85. The standard InChI is InChI=1S/C22H25F2N3O5S/c1-14-3-6-19(32-2)18(11-14)26-21(28)13-25-22(29)15-7-9-27(10-8-15)33(30,31)20-12-16(23)4-5-17(20)24/h3-6,11-12,15H,7-10,13H2,1-2H3,(H,25,29)(H,26,28). The molecule has 3 rings (SSSR count). The molecule has 11 heteroatoms. The van der Waals surface area contributed by atoms with E-state index >= 15 is 0 Å². The van der Waals surface area contributed by atoms with Gasteiger partial charge < -0.3 is 15.4 Å². The number of anilines is 1. The van der Waals surface area contributed by atoms with Crippen molar-refractivity contribution >= 4 is 27.5 Å². The number of nitrogens with zero attached hydrogens (tertiary/aromatic N) is 1. The van der Waals surface area contributed by atoms with Crippen LogP contribution in [-0.4, -0.2) is 51.3 Å². The first kappa shape index (κ1) is 24.6. The van der Waals surface area contributed by atoms with Gasteiger partial charge in [-0.05, 0) is 55.7 Å². The van der Waals surface area contributed by atoms with Crippen molar-refractivity contribution in [1.82, 2.24) is 9.62 Å². The van der Waals surface area contributed by atoms with Crippen LogP contribution in [0.1, 0.15) is 18.4 Å². The summed E-state index contributed by atoms with van der Waals surface area (Å²) in [4.78, 5) is 24.0. The molecule has 0 atom stereocenters. The number of carbonyl (C=O) groups is 2. The van der Waals surface area contributed by atoms with Crippen LogP contribution in [0.15, 0.2) is 41.3 Å². The van der Waals surface area contributed by atoms with Crippen LogP contribution in [0.2, 0.25) is 0 Å². The van der Waals surface area contributed by atoms with E-state index in [0.29, 0.717) is 17.5 Å². The van der Waals surface area contributed by atoms with Gasteiger partial charge in [-0.1, -0.05) is 6.07 Å². The lowest BCUT2D eigenvalue weighted by Gasteiger charge is -2.30. The summed E-state index contributed by atoms with van der Waals surface area (Å²) in [5.74, 6) is -2.72. The lowest BCUT2D eigenvalue weighted by Crippen LogP contribution is -2.44. The summed E-state index contributed by atoms with van der Waals surface area (Å²) in [6.07, 6.45) is 0.380. The fourth-order valence-electron chi connectivity index (χ4n) is 3.60. The molecule has 1 fully saturated rings. The number of halogens is 2. The Balaban J connectivity index is 1.53. The van der Waals surface area contributed by atoms with Crippen LogP contribution in [0.4, 0.5) is 14.5 Å². The first-order valence-electron chi connectivity index (χ1n) is 10.3. The van der Waals surface area contributed by atoms with Gasteiger partial charge in [0.1, 0.15) is 22.3 Å². The minimum absolute atomic E-state index is 0.0247. The highest BCUT2D eigenvalue weighted by Crippen LogP contribution is 2.27. The zero-order valence-corrected chi connectivity index (χ0v) is 19.0. The molecule has 2 aromatic carbocycles. The second kappa shape index (κ2) is 10.3. The van der Waals surface area contributed by atoms with Crippen LogP contribution in [0.3, 0.4) is 0 Å². The number of hydrogen-bond donors (Lipinski definition) is 2. The van der Waals surface area contributed by atoms with E-state index in [4.69, 9.17) is 4.74 Å². The Morgan fingerprint density at radius 3 is 2.48 bits per heavy atom. The minimum atomic E-state index is -4.22. The topological polar surface area (TPSA) is 105 Å². The van der Waals surface area contributed by atoms with Gasteiger partial charge in [0, 0.05) is 19.0 Å². The molecule has 0 aromatic heterocycles. The van der Waals surface area contributed by atoms with E-state index in [1.54, 1.807) is 12.1 Å². The lowest BCUT2D eigenvalue weighted by molar-refractivity contribution is -0.128. The molecule has 0 aliphatic carbocycles. The number of amides is 2. The molecule has 178 valence electrons.